The fourth-order valence-electron chi connectivity index (χ4n) is 8.64. The molecule has 2 aromatic carbocycles. The van der Waals surface area contributed by atoms with Crippen molar-refractivity contribution in [3.63, 3.8) is 0 Å². The molecule has 1 aliphatic carbocycles. The third-order valence-corrected chi connectivity index (χ3v) is 11.7. The largest absolute Gasteiger partial charge is 0.492 e. The Kier molecular flexibility index (Phi) is 9.44. The van der Waals surface area contributed by atoms with Crippen LogP contribution in [0.15, 0.2) is 34.1 Å². The third-order valence-electron chi connectivity index (χ3n) is 11.7. The second-order valence-corrected chi connectivity index (χ2v) is 15.3. The standard InChI is InChI=1S/C21H24FN3O4.C18H20FN3O4/c1-29-20-17-13(19(26)14(21(27)28)9-25(17)12-4-5-12)7-15(22)18(20)24-8-11-3-2-6-23-16(11)10-24;1-10-9-26-17-14-11(16(23)12(18(24)25)8-22(10)14)7-13(19)15(17)21-5-3-20(2)4-6-21/h7,9,11-12,16,23H,2-6,8,10H2,1H3,(H,27,28);7-8,10H,3-6,9H2,1-2H3,(H,24,25)/t11-,16+;10-/m00/s1. The first kappa shape index (κ1) is 36.7. The Morgan fingerprint density at radius 2 is 1.47 bits per heavy atom. The number of nitrogens with zero attached hydrogens (tertiary/aromatic N) is 5. The highest BCUT2D eigenvalue weighted by molar-refractivity contribution is 5.98. The van der Waals surface area contributed by atoms with Crippen LogP contribution in [-0.4, -0.2) is 109 Å². The van der Waals surface area contributed by atoms with Crippen molar-refractivity contribution in [1.29, 1.82) is 0 Å². The van der Waals surface area contributed by atoms with E-state index in [-0.39, 0.29) is 40.6 Å². The number of halogens is 2. The van der Waals surface area contributed by atoms with E-state index in [1.54, 1.807) is 9.13 Å². The number of likely N-dealkylation sites (N-methyl/N-ethyl adjacent to an activating group) is 1. The summed E-state index contributed by atoms with van der Waals surface area (Å²) in [6, 6.07) is 2.61. The van der Waals surface area contributed by atoms with Gasteiger partial charge in [0.2, 0.25) is 10.9 Å². The molecule has 0 unspecified atom stereocenters. The molecular formula is C39H44F2N6O8. The number of hydrogen-bond acceptors (Lipinski definition) is 10. The molecule has 14 nitrogen and oxygen atoms in total. The predicted octanol–water partition coefficient (Wildman–Crippen LogP) is 3.91. The van der Waals surface area contributed by atoms with Gasteiger partial charge in [-0.2, -0.15) is 0 Å². The Hall–Kier alpha value is -5.22. The molecule has 4 aromatic rings. The lowest BCUT2D eigenvalue weighted by molar-refractivity contribution is 0.0683. The van der Waals surface area contributed by atoms with Crippen LogP contribution in [0.4, 0.5) is 20.2 Å². The number of pyridine rings is 2. The van der Waals surface area contributed by atoms with E-state index in [2.05, 4.69) is 10.2 Å². The smallest absolute Gasteiger partial charge is 0.341 e. The first-order valence-corrected chi connectivity index (χ1v) is 18.8. The van der Waals surface area contributed by atoms with Crippen molar-refractivity contribution in [3.8, 4) is 11.5 Å². The van der Waals surface area contributed by atoms with E-state index in [0.29, 0.717) is 65.5 Å². The van der Waals surface area contributed by atoms with Crippen molar-refractivity contribution < 1.29 is 38.1 Å². The van der Waals surface area contributed by atoms with Crippen LogP contribution in [0.2, 0.25) is 0 Å². The zero-order chi connectivity index (χ0) is 38.9. The summed E-state index contributed by atoms with van der Waals surface area (Å²) in [6.45, 7) is 7.47. The van der Waals surface area contributed by atoms with Gasteiger partial charge in [-0.25, -0.2) is 18.4 Å². The van der Waals surface area contributed by atoms with Gasteiger partial charge in [0.05, 0.1) is 35.0 Å². The fraction of sp³-hybridized carbons (Fsp3) is 0.487. The molecule has 0 spiro atoms. The number of hydrogen-bond donors (Lipinski definition) is 3. The second kappa shape index (κ2) is 14.1. The number of aromatic nitrogens is 2. The van der Waals surface area contributed by atoms with E-state index in [4.69, 9.17) is 9.47 Å². The number of nitrogens with one attached hydrogen (secondary N) is 1. The zero-order valence-electron chi connectivity index (χ0n) is 30.9. The van der Waals surface area contributed by atoms with E-state index in [1.807, 2.05) is 23.8 Å². The molecule has 5 aliphatic rings. The summed E-state index contributed by atoms with van der Waals surface area (Å²) in [5.41, 5.74) is -0.379. The van der Waals surface area contributed by atoms with Gasteiger partial charge < -0.3 is 48.8 Å². The summed E-state index contributed by atoms with van der Waals surface area (Å²) in [4.78, 5) is 54.4. The SMILES string of the molecule is COc1c(N2C[C@@H]3CCCN[C@@H]3C2)c(F)cc2c(=O)c(C(=O)O)cn(C3CC3)c12.C[C@H]1COc2c(N3CCN(C)CC3)c(F)cc3c(=O)c(C(=O)O)cn1c23. The molecule has 55 heavy (non-hydrogen) atoms. The number of carbonyl (C=O) groups is 2. The molecule has 4 fully saturated rings. The molecule has 292 valence electrons. The van der Waals surface area contributed by atoms with E-state index in [1.165, 1.54) is 25.6 Å². The van der Waals surface area contributed by atoms with Crippen LogP contribution in [0.25, 0.3) is 21.8 Å². The van der Waals surface area contributed by atoms with Crippen LogP contribution in [0.5, 0.6) is 11.5 Å². The lowest BCUT2D eigenvalue weighted by atomic mass is 9.94. The second-order valence-electron chi connectivity index (χ2n) is 15.3. The summed E-state index contributed by atoms with van der Waals surface area (Å²) in [7, 11) is 3.49. The quantitative estimate of drug-likeness (QED) is 0.261. The van der Waals surface area contributed by atoms with Crippen molar-refractivity contribution in [3.05, 3.63) is 67.7 Å². The third kappa shape index (κ3) is 6.34. The van der Waals surface area contributed by atoms with Crippen LogP contribution in [0.1, 0.15) is 65.4 Å². The highest BCUT2D eigenvalue weighted by Gasteiger charge is 2.38. The highest BCUT2D eigenvalue weighted by Crippen LogP contribution is 2.45. The number of carboxylic acid groups (broad SMARTS) is 2. The lowest BCUT2D eigenvalue weighted by Crippen LogP contribution is -2.45. The number of piperidine rings is 1. The number of aromatic carboxylic acids is 2. The molecule has 0 amide bonds. The van der Waals surface area contributed by atoms with Crippen LogP contribution in [0, 0.1) is 17.6 Å². The maximum absolute atomic E-state index is 15.3. The average Bonchev–Trinajstić information content (AvgIpc) is 3.92. The Labute approximate surface area is 314 Å². The molecule has 3 atom stereocenters. The summed E-state index contributed by atoms with van der Waals surface area (Å²) >= 11 is 0. The van der Waals surface area contributed by atoms with Gasteiger partial charge in [-0.15, -0.1) is 0 Å². The van der Waals surface area contributed by atoms with Crippen LogP contribution in [0.3, 0.4) is 0 Å². The lowest BCUT2D eigenvalue weighted by Gasteiger charge is -2.37. The van der Waals surface area contributed by atoms with Crippen molar-refractivity contribution in [1.82, 2.24) is 19.4 Å². The average molecular weight is 763 g/mol. The predicted molar refractivity (Wildman–Crippen MR) is 202 cm³/mol. The van der Waals surface area contributed by atoms with Gasteiger partial charge in [0.15, 0.2) is 23.1 Å². The fourth-order valence-corrected chi connectivity index (χ4v) is 8.64. The summed E-state index contributed by atoms with van der Waals surface area (Å²) in [6.07, 6.45) is 6.75. The molecule has 16 heteroatoms. The Morgan fingerprint density at radius 1 is 0.855 bits per heavy atom. The topological polar surface area (TPSA) is 159 Å². The maximum atomic E-state index is 15.3. The molecule has 1 saturated carbocycles. The first-order valence-electron chi connectivity index (χ1n) is 18.8. The van der Waals surface area contributed by atoms with Crippen molar-refractivity contribution >= 4 is 45.1 Å². The minimum absolute atomic E-state index is 0.0434. The first-order chi connectivity index (χ1) is 26.4. The van der Waals surface area contributed by atoms with Crippen molar-refractivity contribution in [2.24, 2.45) is 5.92 Å². The molecule has 3 saturated heterocycles. The summed E-state index contributed by atoms with van der Waals surface area (Å²) in [5.74, 6) is -2.61. The molecule has 6 heterocycles. The zero-order valence-corrected chi connectivity index (χ0v) is 30.9. The van der Waals surface area contributed by atoms with Gasteiger partial charge in [0.25, 0.3) is 0 Å². The summed E-state index contributed by atoms with van der Waals surface area (Å²) in [5, 5.41) is 22.4. The minimum atomic E-state index is -1.32. The number of methoxy groups -OCH3 is 1. The van der Waals surface area contributed by atoms with E-state index >= 15 is 4.39 Å². The van der Waals surface area contributed by atoms with Gasteiger partial charge in [-0.3, -0.25) is 9.59 Å². The van der Waals surface area contributed by atoms with E-state index < -0.39 is 34.4 Å². The van der Waals surface area contributed by atoms with E-state index in [9.17, 15) is 33.8 Å². The van der Waals surface area contributed by atoms with Crippen LogP contribution < -0.4 is 35.4 Å². The van der Waals surface area contributed by atoms with Crippen molar-refractivity contribution in [2.45, 2.75) is 50.7 Å². The molecule has 4 aliphatic heterocycles. The highest BCUT2D eigenvalue weighted by atomic mass is 19.1. The Morgan fingerprint density at radius 3 is 2.07 bits per heavy atom. The number of fused-ring (bicyclic) bond motifs is 2. The van der Waals surface area contributed by atoms with Crippen LogP contribution in [-0.2, 0) is 0 Å². The Balaban J connectivity index is 0.000000156. The van der Waals surface area contributed by atoms with E-state index in [0.717, 1.165) is 57.9 Å². The summed E-state index contributed by atoms with van der Waals surface area (Å²) < 4.78 is 45.3. The number of carboxylic acids is 2. The number of anilines is 2. The molecule has 0 bridgehead atoms. The van der Waals surface area contributed by atoms with Gasteiger partial charge >= 0.3 is 11.9 Å². The normalized spacial score (nSPS) is 22.2. The van der Waals surface area contributed by atoms with Gasteiger partial charge in [-0.05, 0) is 64.3 Å². The number of piperazine rings is 1. The van der Waals surface area contributed by atoms with Gasteiger partial charge in [-0.1, -0.05) is 0 Å². The van der Waals surface area contributed by atoms with Gasteiger partial charge in [0.1, 0.15) is 29.1 Å². The number of rotatable bonds is 6. The number of ether oxygens (including phenoxy) is 2. The number of benzene rings is 2. The van der Waals surface area contributed by atoms with Crippen molar-refractivity contribution in [2.75, 3.05) is 76.4 Å². The van der Waals surface area contributed by atoms with Crippen LogP contribution >= 0.6 is 0 Å². The molecule has 0 radical (unpaired) electrons. The van der Waals surface area contributed by atoms with Gasteiger partial charge in [0, 0.05) is 63.7 Å². The monoisotopic (exact) mass is 762 g/mol. The molecule has 9 rings (SSSR count). The Bertz CT molecular complexity index is 2340. The minimum Gasteiger partial charge on any atom is -0.492 e. The maximum Gasteiger partial charge on any atom is 0.341 e. The molecule has 2 aromatic heterocycles. The molecular weight excluding hydrogens is 718 g/mol. The molecule has 3 N–H and O–H groups in total.